The van der Waals surface area contributed by atoms with Crippen LogP contribution in [0.3, 0.4) is 0 Å². The molecule has 134 valence electrons. The van der Waals surface area contributed by atoms with Gasteiger partial charge in [0, 0.05) is 22.4 Å². The summed E-state index contributed by atoms with van der Waals surface area (Å²) in [4.78, 5) is 16.6. The largest absolute Gasteiger partial charge is 0.298 e. The zero-order chi connectivity index (χ0) is 18.9. The minimum atomic E-state index is -3.30. The number of nitrogens with one attached hydrogen (secondary N) is 1. The number of hydrogen-bond donors (Lipinski definition) is 1. The van der Waals surface area contributed by atoms with Crippen LogP contribution in [0.5, 0.6) is 0 Å². The van der Waals surface area contributed by atoms with Crippen molar-refractivity contribution in [3.63, 3.8) is 0 Å². The highest BCUT2D eigenvalue weighted by molar-refractivity contribution is 7.90. The fraction of sp³-hybridized carbons (Fsp3) is 0.0588. The van der Waals surface area contributed by atoms with Crippen LogP contribution in [0.2, 0.25) is 10.0 Å². The van der Waals surface area contributed by atoms with Gasteiger partial charge in [0.25, 0.3) is 0 Å². The van der Waals surface area contributed by atoms with E-state index in [4.69, 9.17) is 23.2 Å². The third-order valence-electron chi connectivity index (χ3n) is 3.39. The topological polar surface area (TPSA) is 76.1 Å². The van der Waals surface area contributed by atoms with Gasteiger partial charge in [0.1, 0.15) is 0 Å². The summed E-state index contributed by atoms with van der Waals surface area (Å²) in [5.74, 6) is -0.386. The second-order valence-corrected chi connectivity index (χ2v) is 9.30. The van der Waals surface area contributed by atoms with E-state index < -0.39 is 9.84 Å². The molecule has 5 nitrogen and oxygen atoms in total. The molecule has 0 atom stereocenters. The summed E-state index contributed by atoms with van der Waals surface area (Å²) in [5, 5.41) is 4.02. The first-order valence-electron chi connectivity index (χ1n) is 7.27. The third-order valence-corrected chi connectivity index (χ3v) is 6.01. The van der Waals surface area contributed by atoms with Crippen LogP contribution >= 0.6 is 34.5 Å². The highest BCUT2D eigenvalue weighted by Crippen LogP contribution is 2.28. The van der Waals surface area contributed by atoms with Crippen molar-refractivity contribution >= 4 is 71.7 Å². The molecule has 3 aromatic rings. The van der Waals surface area contributed by atoms with Crippen molar-refractivity contribution in [1.29, 1.82) is 0 Å². The first-order valence-corrected chi connectivity index (χ1v) is 10.7. The fourth-order valence-electron chi connectivity index (χ4n) is 2.14. The van der Waals surface area contributed by atoms with Crippen LogP contribution in [0.15, 0.2) is 47.4 Å². The quantitative estimate of drug-likeness (QED) is 0.615. The number of rotatable bonds is 4. The van der Waals surface area contributed by atoms with Gasteiger partial charge in [0.05, 0.1) is 15.1 Å². The van der Waals surface area contributed by atoms with E-state index >= 15 is 0 Å². The van der Waals surface area contributed by atoms with Crippen LogP contribution in [-0.2, 0) is 14.6 Å². The summed E-state index contributed by atoms with van der Waals surface area (Å²) in [6.45, 7) is 0. The number of amides is 1. The van der Waals surface area contributed by atoms with Gasteiger partial charge in [-0.05, 0) is 48.0 Å². The van der Waals surface area contributed by atoms with Gasteiger partial charge in [-0.2, -0.15) is 0 Å². The zero-order valence-electron chi connectivity index (χ0n) is 13.4. The van der Waals surface area contributed by atoms with Crippen LogP contribution in [0.25, 0.3) is 16.3 Å². The number of hydrogen-bond acceptors (Lipinski definition) is 5. The Kier molecular flexibility index (Phi) is 5.34. The number of fused-ring (bicyclic) bond motifs is 1. The van der Waals surface area contributed by atoms with Gasteiger partial charge >= 0.3 is 0 Å². The van der Waals surface area contributed by atoms with Gasteiger partial charge < -0.3 is 0 Å². The van der Waals surface area contributed by atoms with Crippen LogP contribution in [-0.4, -0.2) is 25.6 Å². The lowest BCUT2D eigenvalue weighted by Gasteiger charge is -1.99. The molecule has 0 aliphatic heterocycles. The van der Waals surface area contributed by atoms with Gasteiger partial charge in [-0.1, -0.05) is 34.5 Å². The summed E-state index contributed by atoms with van der Waals surface area (Å²) < 4.78 is 23.9. The average Bonchev–Trinajstić information content (AvgIpc) is 2.96. The minimum absolute atomic E-state index is 0.210. The average molecular weight is 427 g/mol. The molecule has 0 saturated carbocycles. The molecule has 0 fully saturated rings. The predicted octanol–water partition coefficient (Wildman–Crippen LogP) is 4.66. The first kappa shape index (κ1) is 18.8. The molecule has 9 heteroatoms. The van der Waals surface area contributed by atoms with Crippen LogP contribution in [0.4, 0.5) is 5.13 Å². The van der Waals surface area contributed by atoms with Crippen molar-refractivity contribution in [2.75, 3.05) is 11.6 Å². The molecule has 0 saturated heterocycles. The Balaban J connectivity index is 1.79. The molecule has 2 aromatic carbocycles. The van der Waals surface area contributed by atoms with E-state index in [1.54, 1.807) is 36.4 Å². The number of thiazole rings is 1. The van der Waals surface area contributed by atoms with Crippen molar-refractivity contribution in [2.45, 2.75) is 4.90 Å². The van der Waals surface area contributed by atoms with E-state index in [0.29, 0.717) is 31.0 Å². The number of nitrogens with zero attached hydrogens (tertiary/aromatic N) is 1. The molecule has 3 rings (SSSR count). The number of halogens is 2. The molecular weight excluding hydrogens is 415 g/mol. The molecule has 0 radical (unpaired) electrons. The normalized spacial score (nSPS) is 12.0. The molecule has 26 heavy (non-hydrogen) atoms. The third kappa shape index (κ3) is 4.42. The number of sulfone groups is 1. The summed E-state index contributed by atoms with van der Waals surface area (Å²) in [6, 6.07) is 9.60. The molecule has 0 aliphatic carbocycles. The van der Waals surface area contributed by atoms with Gasteiger partial charge in [0.2, 0.25) is 5.91 Å². The van der Waals surface area contributed by atoms with E-state index in [1.165, 1.54) is 23.5 Å². The highest BCUT2D eigenvalue weighted by atomic mass is 35.5. The Hall–Kier alpha value is -1.93. The van der Waals surface area contributed by atoms with E-state index in [1.807, 2.05) is 0 Å². The molecule has 1 heterocycles. The number of anilines is 1. The fourth-order valence-corrected chi connectivity index (χ4v) is 4.13. The molecule has 0 spiro atoms. The van der Waals surface area contributed by atoms with Crippen molar-refractivity contribution in [2.24, 2.45) is 0 Å². The summed E-state index contributed by atoms with van der Waals surface area (Å²) in [6.07, 6.45) is 4.02. The van der Waals surface area contributed by atoms with E-state index in [-0.39, 0.29) is 10.8 Å². The molecule has 1 N–H and O–H groups in total. The smallest absolute Gasteiger partial charge is 0.250 e. The van der Waals surface area contributed by atoms with E-state index in [9.17, 15) is 13.2 Å². The number of aromatic nitrogens is 1. The Labute approximate surface area is 164 Å². The Morgan fingerprint density at radius 3 is 2.69 bits per heavy atom. The van der Waals surface area contributed by atoms with E-state index in [0.717, 1.165) is 6.26 Å². The standard InChI is InChI=1S/C17H12Cl2N2O3S2/c1-26(23,24)12-4-6-14-15(9-12)25-17(20-14)21-16(22)7-2-10-8-11(18)3-5-13(10)19/h2-9H,1H3,(H,20,21,22)/b7-2+. The predicted molar refractivity (Wildman–Crippen MR) is 107 cm³/mol. The minimum Gasteiger partial charge on any atom is -0.298 e. The lowest BCUT2D eigenvalue weighted by molar-refractivity contribution is -0.111. The zero-order valence-corrected chi connectivity index (χ0v) is 16.5. The number of benzene rings is 2. The first-order chi connectivity index (χ1) is 12.2. The second-order valence-electron chi connectivity index (χ2n) is 5.41. The van der Waals surface area contributed by atoms with Gasteiger partial charge in [-0.25, -0.2) is 13.4 Å². The maximum absolute atomic E-state index is 12.1. The monoisotopic (exact) mass is 426 g/mol. The SMILES string of the molecule is CS(=O)(=O)c1ccc2nc(NC(=O)/C=C/c3cc(Cl)ccc3Cl)sc2c1. The molecule has 0 bridgehead atoms. The van der Waals surface area contributed by atoms with Crippen LogP contribution in [0, 0.1) is 0 Å². The molecule has 1 aromatic heterocycles. The molecular formula is C17H12Cl2N2O3S2. The number of carbonyl (C=O) groups is 1. The summed E-state index contributed by atoms with van der Waals surface area (Å²) in [7, 11) is -3.30. The second kappa shape index (κ2) is 7.36. The molecule has 1 amide bonds. The number of carbonyl (C=O) groups excluding carboxylic acids is 1. The Bertz CT molecular complexity index is 1140. The van der Waals surface area contributed by atoms with Crippen LogP contribution in [0.1, 0.15) is 5.56 Å². The maximum Gasteiger partial charge on any atom is 0.250 e. The molecule has 0 aliphatic rings. The van der Waals surface area contributed by atoms with Crippen molar-refractivity contribution < 1.29 is 13.2 Å². The lowest BCUT2D eigenvalue weighted by atomic mass is 10.2. The Morgan fingerprint density at radius 1 is 1.19 bits per heavy atom. The van der Waals surface area contributed by atoms with E-state index in [2.05, 4.69) is 10.3 Å². The summed E-state index contributed by atoms with van der Waals surface area (Å²) >= 11 is 13.1. The molecule has 0 unspecified atom stereocenters. The van der Waals surface area contributed by atoms with Gasteiger partial charge in [-0.15, -0.1) is 0 Å². The maximum atomic E-state index is 12.1. The van der Waals surface area contributed by atoms with Crippen molar-refractivity contribution in [1.82, 2.24) is 4.98 Å². The van der Waals surface area contributed by atoms with Crippen molar-refractivity contribution in [3.8, 4) is 0 Å². The van der Waals surface area contributed by atoms with Gasteiger partial charge in [-0.3, -0.25) is 10.1 Å². The van der Waals surface area contributed by atoms with Crippen molar-refractivity contribution in [3.05, 3.63) is 58.1 Å². The highest BCUT2D eigenvalue weighted by Gasteiger charge is 2.11. The lowest BCUT2D eigenvalue weighted by Crippen LogP contribution is -2.07. The van der Waals surface area contributed by atoms with Crippen LogP contribution < -0.4 is 5.32 Å². The Morgan fingerprint density at radius 2 is 1.96 bits per heavy atom. The summed E-state index contributed by atoms with van der Waals surface area (Å²) in [5.41, 5.74) is 1.23. The van der Waals surface area contributed by atoms with Gasteiger partial charge in [0.15, 0.2) is 15.0 Å².